The maximum Gasteiger partial charge on any atom is 0.253 e. The van der Waals surface area contributed by atoms with Crippen LogP contribution >= 0.6 is 11.6 Å². The Bertz CT molecular complexity index is 638. The van der Waals surface area contributed by atoms with Crippen molar-refractivity contribution in [1.29, 1.82) is 0 Å². The van der Waals surface area contributed by atoms with Gasteiger partial charge in [-0.1, -0.05) is 23.7 Å². The number of nitrogens with zero attached hydrogens (tertiary/aromatic N) is 1. The lowest BCUT2D eigenvalue weighted by atomic mass is 10.2. The molecular weight excluding hydrogens is 274 g/mol. The second-order valence-electron chi connectivity index (χ2n) is 4.74. The Kier molecular flexibility index (Phi) is 4.30. The summed E-state index contributed by atoms with van der Waals surface area (Å²) < 4.78 is 5.73. The minimum atomic E-state index is -0.0580. The zero-order chi connectivity index (χ0) is 14.7. The summed E-state index contributed by atoms with van der Waals surface area (Å²) >= 11 is 6.06. The van der Waals surface area contributed by atoms with Gasteiger partial charge in [0.15, 0.2) is 0 Å². The van der Waals surface area contributed by atoms with Gasteiger partial charge >= 0.3 is 0 Å². The molecule has 0 atom stereocenters. The number of carbonyl (C=O) groups is 1. The summed E-state index contributed by atoms with van der Waals surface area (Å²) in [5, 5.41) is 0.656. The molecule has 0 aliphatic heterocycles. The third-order valence-corrected chi connectivity index (χ3v) is 3.27. The lowest BCUT2D eigenvalue weighted by molar-refractivity contribution is 0.0827. The smallest absolute Gasteiger partial charge is 0.253 e. The Labute approximate surface area is 123 Å². The average molecular weight is 290 g/mol. The molecule has 1 amide bonds. The fraction of sp³-hybridized carbons (Fsp3) is 0.188. The largest absolute Gasteiger partial charge is 0.457 e. The van der Waals surface area contributed by atoms with E-state index in [0.717, 1.165) is 5.56 Å². The van der Waals surface area contributed by atoms with E-state index >= 15 is 0 Å². The molecule has 0 fully saturated rings. The Morgan fingerprint density at radius 1 is 1.10 bits per heavy atom. The minimum Gasteiger partial charge on any atom is -0.457 e. The molecule has 104 valence electrons. The van der Waals surface area contributed by atoms with Crippen molar-refractivity contribution in [3.8, 4) is 11.5 Å². The molecule has 0 saturated heterocycles. The second-order valence-corrected chi connectivity index (χ2v) is 5.15. The van der Waals surface area contributed by atoms with Crippen LogP contribution in [0.25, 0.3) is 0 Å². The maximum absolute atomic E-state index is 11.9. The topological polar surface area (TPSA) is 29.5 Å². The molecule has 2 aromatic rings. The monoisotopic (exact) mass is 289 g/mol. The highest BCUT2D eigenvalue weighted by Crippen LogP contribution is 2.27. The van der Waals surface area contributed by atoms with Gasteiger partial charge in [0.1, 0.15) is 11.5 Å². The number of ether oxygens (including phenoxy) is 1. The first kappa shape index (κ1) is 14.4. The number of hydrogen-bond acceptors (Lipinski definition) is 2. The van der Waals surface area contributed by atoms with Crippen molar-refractivity contribution in [2.24, 2.45) is 0 Å². The zero-order valence-electron chi connectivity index (χ0n) is 11.7. The van der Waals surface area contributed by atoms with Crippen LogP contribution < -0.4 is 4.74 Å². The third-order valence-electron chi connectivity index (χ3n) is 2.87. The van der Waals surface area contributed by atoms with E-state index in [-0.39, 0.29) is 5.91 Å². The number of halogens is 1. The Hall–Kier alpha value is -2.00. The number of hydrogen-bond donors (Lipinski definition) is 0. The number of benzene rings is 2. The maximum atomic E-state index is 11.9. The Morgan fingerprint density at radius 2 is 1.80 bits per heavy atom. The van der Waals surface area contributed by atoms with Crippen molar-refractivity contribution in [3.63, 3.8) is 0 Å². The first-order valence-electron chi connectivity index (χ1n) is 6.23. The predicted octanol–water partition coefficient (Wildman–Crippen LogP) is 4.14. The van der Waals surface area contributed by atoms with Crippen molar-refractivity contribution >= 4 is 17.5 Å². The number of rotatable bonds is 3. The molecule has 0 radical (unpaired) electrons. The summed E-state index contributed by atoms with van der Waals surface area (Å²) in [7, 11) is 3.44. The highest BCUT2D eigenvalue weighted by atomic mass is 35.5. The molecule has 4 heteroatoms. The van der Waals surface area contributed by atoms with Gasteiger partial charge in [0.05, 0.1) is 0 Å². The van der Waals surface area contributed by atoms with Crippen molar-refractivity contribution < 1.29 is 9.53 Å². The van der Waals surface area contributed by atoms with Crippen LogP contribution in [-0.2, 0) is 0 Å². The van der Waals surface area contributed by atoms with Gasteiger partial charge in [-0.2, -0.15) is 0 Å². The number of carbonyl (C=O) groups excluding carboxylic acids is 1. The van der Waals surface area contributed by atoms with Crippen LogP contribution in [0.2, 0.25) is 5.02 Å². The molecule has 0 aliphatic carbocycles. The first-order valence-corrected chi connectivity index (χ1v) is 6.61. The molecule has 0 spiro atoms. The molecule has 3 nitrogen and oxygen atoms in total. The summed E-state index contributed by atoms with van der Waals surface area (Å²) in [5.41, 5.74) is 1.58. The van der Waals surface area contributed by atoms with E-state index in [0.29, 0.717) is 22.1 Å². The van der Waals surface area contributed by atoms with Crippen LogP contribution in [0.3, 0.4) is 0 Å². The van der Waals surface area contributed by atoms with Crippen LogP contribution in [0, 0.1) is 6.92 Å². The SMILES string of the molecule is Cc1ccc(Oc2cccc(C(=O)N(C)C)c2)cc1Cl. The molecule has 2 aromatic carbocycles. The molecule has 2 rings (SSSR count). The van der Waals surface area contributed by atoms with Gasteiger partial charge in [-0.15, -0.1) is 0 Å². The fourth-order valence-electron chi connectivity index (χ4n) is 1.72. The lowest BCUT2D eigenvalue weighted by Gasteiger charge is -2.12. The zero-order valence-corrected chi connectivity index (χ0v) is 12.4. The van der Waals surface area contributed by atoms with E-state index in [1.165, 1.54) is 4.90 Å². The van der Waals surface area contributed by atoms with Crippen LogP contribution in [0.4, 0.5) is 0 Å². The Balaban J connectivity index is 2.23. The van der Waals surface area contributed by atoms with Gasteiger partial charge in [0.25, 0.3) is 5.91 Å². The third kappa shape index (κ3) is 3.31. The summed E-state index contributed by atoms with van der Waals surface area (Å²) in [4.78, 5) is 13.4. The molecule has 20 heavy (non-hydrogen) atoms. The van der Waals surface area contributed by atoms with Crippen LogP contribution in [0.1, 0.15) is 15.9 Å². The second kappa shape index (κ2) is 5.97. The minimum absolute atomic E-state index is 0.0580. The van der Waals surface area contributed by atoms with Gasteiger partial charge < -0.3 is 9.64 Å². The van der Waals surface area contributed by atoms with Crippen LogP contribution in [0.15, 0.2) is 42.5 Å². The molecule has 0 N–H and O–H groups in total. The van der Waals surface area contributed by atoms with E-state index in [9.17, 15) is 4.79 Å². The van der Waals surface area contributed by atoms with Gasteiger partial charge in [-0.25, -0.2) is 0 Å². The molecule has 0 aliphatic rings. The van der Waals surface area contributed by atoms with Gasteiger partial charge in [-0.3, -0.25) is 4.79 Å². The lowest BCUT2D eigenvalue weighted by Crippen LogP contribution is -2.21. The first-order chi connectivity index (χ1) is 9.47. The van der Waals surface area contributed by atoms with Gasteiger partial charge in [-0.05, 0) is 42.8 Å². The number of amides is 1. The molecular formula is C16H16ClNO2. The standard InChI is InChI=1S/C16H16ClNO2/c1-11-7-8-14(10-15(11)17)20-13-6-4-5-12(9-13)16(19)18(2)3/h4-10H,1-3H3. The predicted molar refractivity (Wildman–Crippen MR) is 80.7 cm³/mol. The van der Waals surface area contributed by atoms with E-state index in [1.54, 1.807) is 44.4 Å². The summed E-state index contributed by atoms with van der Waals surface area (Å²) in [6.45, 7) is 1.93. The summed E-state index contributed by atoms with van der Waals surface area (Å²) in [5.74, 6) is 1.20. The number of aryl methyl sites for hydroxylation is 1. The fourth-order valence-corrected chi connectivity index (χ4v) is 1.89. The van der Waals surface area contributed by atoms with Gasteiger partial charge in [0, 0.05) is 24.7 Å². The molecule has 0 saturated carbocycles. The van der Waals surface area contributed by atoms with E-state index in [4.69, 9.17) is 16.3 Å². The molecule has 0 heterocycles. The molecule has 0 aromatic heterocycles. The highest BCUT2D eigenvalue weighted by molar-refractivity contribution is 6.31. The van der Waals surface area contributed by atoms with Crippen molar-refractivity contribution in [2.75, 3.05) is 14.1 Å². The van der Waals surface area contributed by atoms with Gasteiger partial charge in [0.2, 0.25) is 0 Å². The quantitative estimate of drug-likeness (QED) is 0.850. The van der Waals surface area contributed by atoms with E-state index in [1.807, 2.05) is 19.1 Å². The van der Waals surface area contributed by atoms with Crippen molar-refractivity contribution in [1.82, 2.24) is 4.90 Å². The van der Waals surface area contributed by atoms with Crippen molar-refractivity contribution in [2.45, 2.75) is 6.92 Å². The molecule has 0 unspecified atom stereocenters. The average Bonchev–Trinajstić information content (AvgIpc) is 2.42. The van der Waals surface area contributed by atoms with Crippen LogP contribution in [-0.4, -0.2) is 24.9 Å². The normalized spacial score (nSPS) is 10.2. The highest BCUT2D eigenvalue weighted by Gasteiger charge is 2.09. The summed E-state index contributed by atoms with van der Waals surface area (Å²) in [6, 6.07) is 12.6. The van der Waals surface area contributed by atoms with Crippen LogP contribution in [0.5, 0.6) is 11.5 Å². The van der Waals surface area contributed by atoms with E-state index < -0.39 is 0 Å². The Morgan fingerprint density at radius 3 is 2.45 bits per heavy atom. The molecule has 0 bridgehead atoms. The summed E-state index contributed by atoms with van der Waals surface area (Å²) in [6.07, 6.45) is 0. The van der Waals surface area contributed by atoms with E-state index in [2.05, 4.69) is 0 Å². The van der Waals surface area contributed by atoms with Crippen molar-refractivity contribution in [3.05, 3.63) is 58.6 Å².